The average molecular weight is 1020 g/mol. The predicted octanol–water partition coefficient (Wildman–Crippen LogP) is 7.95. The molecule has 0 atom stereocenters. The standard InChI is InChI=1S/C17H16N2O6.C17H15NO7.C16H14N2O6/c1-24-16-8-4-12(10-15(16)20)5-9-17(21)18-14-6-2-13(3-7-14)11-25-19(22)23;1-23-16-8-4-12(10-15(16)19)5-9-17(20)25-14-6-2-13(3-7-14)11-24-18(21)22;19-14-7-12(8-15(20)9-14)3-6-16(21)17-13-4-1-11(2-5-13)10-24-18(22)23/h2-10,20H,11H2,1H3,(H,18,21);2-10,19H,11H2,1H3;1-9,19-20H,10H2,(H,17,21)/b2*9-5+;6-3+. The number of phenols is 4. The summed E-state index contributed by atoms with van der Waals surface area (Å²) in [7, 11) is 2.89. The SMILES string of the molecule is COc1ccc(/C=C/C(=O)Nc2ccc(CO[N+](=O)[O-])cc2)cc1O.COc1ccc(/C=C/C(=O)Oc2ccc(CO[N+](=O)[O-])cc2)cc1O.O=C(/C=C/c1cc(O)cc(O)c1)Nc1ccc(CO[N+](=O)[O-])cc1. The number of carbonyl (C=O) groups is 3. The Hall–Kier alpha value is -10.7. The number of hydrogen-bond donors (Lipinski definition) is 6. The number of phenolic OH excluding ortho intramolecular Hbond substituents is 4. The fourth-order valence-corrected chi connectivity index (χ4v) is 5.77. The van der Waals surface area contributed by atoms with Gasteiger partial charge in [0.1, 0.15) is 37.1 Å². The first-order valence-corrected chi connectivity index (χ1v) is 21.1. The van der Waals surface area contributed by atoms with Gasteiger partial charge in [-0.25, -0.2) is 4.79 Å². The maximum absolute atomic E-state index is 11.9. The highest BCUT2D eigenvalue weighted by Crippen LogP contribution is 2.28. The molecule has 0 saturated carbocycles. The number of amides is 2. The minimum atomic E-state index is -0.879. The van der Waals surface area contributed by atoms with E-state index in [1.807, 2.05) is 0 Å². The van der Waals surface area contributed by atoms with Gasteiger partial charge in [0, 0.05) is 35.7 Å². The van der Waals surface area contributed by atoms with Crippen LogP contribution in [-0.4, -0.2) is 67.7 Å². The summed E-state index contributed by atoms with van der Waals surface area (Å²) in [6.45, 7) is -0.494. The Kier molecular flexibility index (Phi) is 21.7. The quantitative estimate of drug-likeness (QED) is 0.0139. The van der Waals surface area contributed by atoms with Gasteiger partial charge >= 0.3 is 5.97 Å². The highest BCUT2D eigenvalue weighted by atomic mass is 17.0. The highest BCUT2D eigenvalue weighted by Gasteiger charge is 2.07. The zero-order valence-electron chi connectivity index (χ0n) is 39.0. The first-order chi connectivity index (χ1) is 35.4. The lowest BCUT2D eigenvalue weighted by Crippen LogP contribution is -2.07. The molecule has 0 aliphatic heterocycles. The molecule has 0 saturated heterocycles. The number of esters is 1. The Morgan fingerprint density at radius 2 is 0.851 bits per heavy atom. The molecule has 0 aliphatic rings. The van der Waals surface area contributed by atoms with E-state index in [0.29, 0.717) is 56.3 Å². The largest absolute Gasteiger partial charge is 0.508 e. The fourth-order valence-electron chi connectivity index (χ4n) is 5.77. The molecular formula is C50H45N5O19. The summed E-state index contributed by atoms with van der Waals surface area (Å²) in [6, 6.07) is 32.4. The van der Waals surface area contributed by atoms with Gasteiger partial charge in [0.25, 0.3) is 15.3 Å². The van der Waals surface area contributed by atoms with E-state index in [1.54, 1.807) is 91.0 Å². The molecule has 24 nitrogen and oxygen atoms in total. The van der Waals surface area contributed by atoms with Crippen LogP contribution in [0.25, 0.3) is 18.2 Å². The van der Waals surface area contributed by atoms with Gasteiger partial charge in [-0.3, -0.25) is 9.59 Å². The van der Waals surface area contributed by atoms with Crippen molar-refractivity contribution in [3.05, 3.63) is 209 Å². The van der Waals surface area contributed by atoms with E-state index < -0.39 is 27.1 Å². The fraction of sp³-hybridized carbons (Fsp3) is 0.100. The molecular weight excluding hydrogens is 975 g/mol. The first-order valence-electron chi connectivity index (χ1n) is 21.1. The number of hydrogen-bond acceptors (Lipinski definition) is 19. The Bertz CT molecular complexity index is 2820. The molecule has 384 valence electrons. The molecule has 2 amide bonds. The lowest BCUT2D eigenvalue weighted by molar-refractivity contribution is -0.763. The van der Waals surface area contributed by atoms with Crippen LogP contribution in [0.3, 0.4) is 0 Å². The van der Waals surface area contributed by atoms with Gasteiger partial charge in [0.2, 0.25) is 11.8 Å². The number of aromatic hydroxyl groups is 4. The summed E-state index contributed by atoms with van der Waals surface area (Å²) in [6.07, 6.45) is 8.26. The van der Waals surface area contributed by atoms with Crippen LogP contribution in [0.4, 0.5) is 11.4 Å². The monoisotopic (exact) mass is 1020 g/mol. The van der Waals surface area contributed by atoms with Crippen molar-refractivity contribution in [2.45, 2.75) is 19.8 Å². The van der Waals surface area contributed by atoms with Gasteiger partial charge in [-0.1, -0.05) is 48.5 Å². The van der Waals surface area contributed by atoms with Gasteiger partial charge in [-0.05, 0) is 124 Å². The summed E-state index contributed by atoms with van der Waals surface area (Å²) in [4.78, 5) is 78.6. The zero-order chi connectivity index (χ0) is 54.0. The number of ether oxygens (including phenoxy) is 3. The maximum atomic E-state index is 11.9. The Labute approximate surface area is 419 Å². The summed E-state index contributed by atoms with van der Waals surface area (Å²) in [5.74, 6) is -0.671. The van der Waals surface area contributed by atoms with E-state index in [9.17, 15) is 65.2 Å². The van der Waals surface area contributed by atoms with Crippen molar-refractivity contribution in [1.82, 2.24) is 0 Å². The maximum Gasteiger partial charge on any atom is 0.336 e. The second kappa shape index (κ2) is 28.7. The third-order valence-corrected chi connectivity index (χ3v) is 9.19. The summed E-state index contributed by atoms with van der Waals surface area (Å²) in [5, 5.41) is 71.0. The van der Waals surface area contributed by atoms with Crippen molar-refractivity contribution < 1.29 is 78.8 Å². The van der Waals surface area contributed by atoms with Crippen LogP contribution in [0.2, 0.25) is 0 Å². The van der Waals surface area contributed by atoms with E-state index in [0.717, 1.165) is 0 Å². The van der Waals surface area contributed by atoms with Crippen molar-refractivity contribution in [1.29, 1.82) is 0 Å². The third kappa shape index (κ3) is 20.9. The summed E-state index contributed by atoms with van der Waals surface area (Å²) in [5.41, 5.74) is 4.53. The van der Waals surface area contributed by atoms with E-state index in [2.05, 4.69) is 25.1 Å². The molecule has 24 heteroatoms. The zero-order valence-corrected chi connectivity index (χ0v) is 39.0. The Morgan fingerprint density at radius 1 is 0.486 bits per heavy atom. The smallest absolute Gasteiger partial charge is 0.336 e. The van der Waals surface area contributed by atoms with Gasteiger partial charge in [0.15, 0.2) is 23.0 Å². The van der Waals surface area contributed by atoms with Crippen molar-refractivity contribution in [3.63, 3.8) is 0 Å². The molecule has 0 heterocycles. The lowest BCUT2D eigenvalue weighted by atomic mass is 10.2. The van der Waals surface area contributed by atoms with E-state index in [1.165, 1.54) is 87.1 Å². The van der Waals surface area contributed by atoms with E-state index in [4.69, 9.17) is 14.2 Å². The molecule has 74 heavy (non-hydrogen) atoms. The number of methoxy groups -OCH3 is 2. The average Bonchev–Trinajstić information content (AvgIpc) is 3.36. The number of carbonyl (C=O) groups excluding carboxylic acids is 3. The van der Waals surface area contributed by atoms with Crippen LogP contribution < -0.4 is 24.8 Å². The number of anilines is 2. The van der Waals surface area contributed by atoms with Gasteiger partial charge in [0.05, 0.1) is 14.2 Å². The molecule has 6 aromatic carbocycles. The molecule has 0 aliphatic carbocycles. The normalized spacial score (nSPS) is 10.5. The van der Waals surface area contributed by atoms with Crippen LogP contribution >= 0.6 is 0 Å². The molecule has 6 N–H and O–H groups in total. The first kappa shape index (κ1) is 55.9. The second-order valence-electron chi connectivity index (χ2n) is 14.6. The van der Waals surface area contributed by atoms with Crippen LogP contribution in [0, 0.1) is 30.3 Å². The Morgan fingerprint density at radius 3 is 1.22 bits per heavy atom. The molecule has 0 spiro atoms. The van der Waals surface area contributed by atoms with Gasteiger partial charge in [-0.15, -0.1) is 30.3 Å². The summed E-state index contributed by atoms with van der Waals surface area (Å²) < 4.78 is 15.0. The van der Waals surface area contributed by atoms with E-state index in [-0.39, 0.29) is 54.5 Å². The second-order valence-corrected chi connectivity index (χ2v) is 14.6. The van der Waals surface area contributed by atoms with Crippen molar-refractivity contribution >= 4 is 47.4 Å². The molecule has 6 rings (SSSR count). The molecule has 0 bridgehead atoms. The van der Waals surface area contributed by atoms with E-state index >= 15 is 0 Å². The number of rotatable bonds is 20. The highest BCUT2D eigenvalue weighted by molar-refractivity contribution is 6.02. The molecule has 0 radical (unpaired) electrons. The molecule has 0 aromatic heterocycles. The van der Waals surface area contributed by atoms with Gasteiger partial charge in [-0.2, -0.15) is 0 Å². The number of nitrogens with one attached hydrogen (secondary N) is 2. The van der Waals surface area contributed by atoms with Crippen LogP contribution in [0.5, 0.6) is 40.2 Å². The number of benzene rings is 6. The molecule has 0 fully saturated rings. The third-order valence-electron chi connectivity index (χ3n) is 9.19. The minimum Gasteiger partial charge on any atom is -0.508 e. The van der Waals surface area contributed by atoms with Crippen molar-refractivity contribution in [3.8, 4) is 40.2 Å². The van der Waals surface area contributed by atoms with Crippen molar-refractivity contribution in [2.75, 3.05) is 24.9 Å². The van der Waals surface area contributed by atoms with Crippen LogP contribution in [-0.2, 0) is 48.7 Å². The lowest BCUT2D eigenvalue weighted by Gasteiger charge is -2.05. The topological polar surface area (TPSA) is 341 Å². The van der Waals surface area contributed by atoms with Gasteiger partial charge < -0.3 is 59.8 Å². The van der Waals surface area contributed by atoms with Crippen LogP contribution in [0.15, 0.2) is 146 Å². The number of nitrogens with zero attached hydrogens (tertiary/aromatic N) is 3. The predicted molar refractivity (Wildman–Crippen MR) is 264 cm³/mol. The Balaban J connectivity index is 0.000000240. The molecule has 6 aromatic rings. The van der Waals surface area contributed by atoms with Crippen molar-refractivity contribution in [2.24, 2.45) is 0 Å². The minimum absolute atomic E-state index is 0.0161. The molecule has 0 unspecified atom stereocenters. The summed E-state index contributed by atoms with van der Waals surface area (Å²) >= 11 is 0. The van der Waals surface area contributed by atoms with Crippen LogP contribution in [0.1, 0.15) is 33.4 Å².